The van der Waals surface area contributed by atoms with E-state index in [-0.39, 0.29) is 6.61 Å². The fraction of sp³-hybridized carbons (Fsp3) is 0.500. The van der Waals surface area contributed by atoms with Crippen LogP contribution in [-0.4, -0.2) is 40.7 Å². The molecular weight excluding hydrogens is 210 g/mol. The third kappa shape index (κ3) is 2.59. The molecule has 0 bridgehead atoms. The molecule has 2 rings (SSSR count). The second kappa shape index (κ2) is 4.78. The quantitative estimate of drug-likeness (QED) is 0.802. The number of carboxylic acid groups (broad SMARTS) is 1. The smallest absolute Gasteiger partial charge is 0.341 e. The summed E-state index contributed by atoms with van der Waals surface area (Å²) < 4.78 is 4.99. The van der Waals surface area contributed by atoms with Crippen LogP contribution >= 0.6 is 0 Å². The van der Waals surface area contributed by atoms with Crippen molar-refractivity contribution in [3.8, 4) is 5.88 Å². The molecule has 0 amide bonds. The highest BCUT2D eigenvalue weighted by Crippen LogP contribution is 2.19. The van der Waals surface area contributed by atoms with Crippen LogP contribution in [0.2, 0.25) is 0 Å². The third-order valence-electron chi connectivity index (χ3n) is 2.40. The zero-order valence-electron chi connectivity index (χ0n) is 8.80. The summed E-state index contributed by atoms with van der Waals surface area (Å²) in [7, 11) is 0. The first-order valence-corrected chi connectivity index (χ1v) is 5.17. The van der Waals surface area contributed by atoms with Gasteiger partial charge in [0.05, 0.1) is 0 Å². The number of aliphatic carboxylic acids is 1. The Labute approximate surface area is 92.9 Å². The first kappa shape index (κ1) is 10.7. The Morgan fingerprint density at radius 2 is 2.19 bits per heavy atom. The molecule has 1 aliphatic rings. The highest BCUT2D eigenvalue weighted by Gasteiger charge is 2.14. The van der Waals surface area contributed by atoms with Crippen LogP contribution in [0.5, 0.6) is 5.88 Å². The van der Waals surface area contributed by atoms with E-state index in [4.69, 9.17) is 9.84 Å². The Kier molecular flexibility index (Phi) is 3.19. The molecular formula is C10H13N3O3. The molecule has 0 aliphatic carbocycles. The van der Waals surface area contributed by atoms with Gasteiger partial charge in [0.2, 0.25) is 5.88 Å². The zero-order chi connectivity index (χ0) is 11.4. The average molecular weight is 223 g/mol. The number of carbonyl (C=O) groups is 1. The predicted octanol–water partition coefficient (Wildman–Crippen LogP) is 0.540. The fourth-order valence-electron chi connectivity index (χ4n) is 1.66. The van der Waals surface area contributed by atoms with Crippen LogP contribution in [0.1, 0.15) is 12.8 Å². The summed E-state index contributed by atoms with van der Waals surface area (Å²) in [6, 6.07) is 1.67. The fourth-order valence-corrected chi connectivity index (χ4v) is 1.66. The Balaban J connectivity index is 2.03. The molecule has 1 saturated heterocycles. The maximum absolute atomic E-state index is 10.3. The molecule has 1 fully saturated rings. The lowest BCUT2D eigenvalue weighted by Crippen LogP contribution is -2.19. The van der Waals surface area contributed by atoms with E-state index < -0.39 is 5.97 Å². The van der Waals surface area contributed by atoms with Crippen molar-refractivity contribution in [2.75, 3.05) is 24.6 Å². The highest BCUT2D eigenvalue weighted by atomic mass is 16.5. The maximum atomic E-state index is 10.3. The molecule has 0 saturated carbocycles. The molecule has 86 valence electrons. The van der Waals surface area contributed by atoms with Gasteiger partial charge >= 0.3 is 5.97 Å². The van der Waals surface area contributed by atoms with E-state index in [1.54, 1.807) is 6.07 Å². The normalized spacial score (nSPS) is 15.1. The van der Waals surface area contributed by atoms with Crippen LogP contribution < -0.4 is 9.64 Å². The zero-order valence-corrected chi connectivity index (χ0v) is 8.80. The Morgan fingerprint density at radius 3 is 2.88 bits per heavy atom. The third-order valence-corrected chi connectivity index (χ3v) is 2.40. The molecule has 0 spiro atoms. The Bertz CT molecular complexity index is 377. The summed E-state index contributed by atoms with van der Waals surface area (Å²) in [5.74, 6) is 0.0912. The van der Waals surface area contributed by atoms with E-state index in [0.717, 1.165) is 31.7 Å². The summed E-state index contributed by atoms with van der Waals surface area (Å²) in [6.07, 6.45) is 3.72. The Hall–Kier alpha value is -1.85. The number of rotatable bonds is 4. The molecule has 0 aromatic carbocycles. The van der Waals surface area contributed by atoms with Gasteiger partial charge in [-0.3, -0.25) is 0 Å². The lowest BCUT2D eigenvalue weighted by Gasteiger charge is -2.16. The molecule has 1 aromatic heterocycles. The molecule has 6 nitrogen and oxygen atoms in total. The van der Waals surface area contributed by atoms with Crippen LogP contribution in [0.3, 0.4) is 0 Å². The van der Waals surface area contributed by atoms with Gasteiger partial charge in [-0.2, -0.15) is 0 Å². The minimum Gasteiger partial charge on any atom is -0.479 e. The van der Waals surface area contributed by atoms with Crippen molar-refractivity contribution in [1.29, 1.82) is 0 Å². The van der Waals surface area contributed by atoms with Gasteiger partial charge < -0.3 is 14.7 Å². The van der Waals surface area contributed by atoms with Gasteiger partial charge in [-0.05, 0) is 12.8 Å². The molecule has 2 heterocycles. The van der Waals surface area contributed by atoms with Crippen molar-refractivity contribution in [2.24, 2.45) is 0 Å². The van der Waals surface area contributed by atoms with Crippen LogP contribution in [0, 0.1) is 0 Å². The van der Waals surface area contributed by atoms with E-state index in [9.17, 15) is 4.79 Å². The summed E-state index contributed by atoms with van der Waals surface area (Å²) in [5.41, 5.74) is 0. The van der Waals surface area contributed by atoms with Gasteiger partial charge in [0.25, 0.3) is 0 Å². The van der Waals surface area contributed by atoms with Crippen molar-refractivity contribution in [1.82, 2.24) is 9.97 Å². The van der Waals surface area contributed by atoms with Crippen molar-refractivity contribution in [3.05, 3.63) is 12.4 Å². The SMILES string of the molecule is O=C(O)COc1cc(N2CCCC2)ncn1. The number of hydrogen-bond donors (Lipinski definition) is 1. The van der Waals surface area contributed by atoms with Crippen LogP contribution in [0.4, 0.5) is 5.82 Å². The van der Waals surface area contributed by atoms with Crippen molar-refractivity contribution >= 4 is 11.8 Å². The van der Waals surface area contributed by atoms with E-state index in [0.29, 0.717) is 5.88 Å². The summed E-state index contributed by atoms with van der Waals surface area (Å²) in [4.78, 5) is 20.5. The monoisotopic (exact) mass is 223 g/mol. The lowest BCUT2D eigenvalue weighted by molar-refractivity contribution is -0.139. The standard InChI is InChI=1S/C10H13N3O3/c14-10(15)6-16-9-5-8(11-7-12-9)13-3-1-2-4-13/h5,7H,1-4,6H2,(H,14,15). The molecule has 6 heteroatoms. The summed E-state index contributed by atoms with van der Waals surface area (Å²) in [5, 5.41) is 8.48. The molecule has 1 aromatic rings. The maximum Gasteiger partial charge on any atom is 0.341 e. The number of anilines is 1. The average Bonchev–Trinajstić information content (AvgIpc) is 2.80. The van der Waals surface area contributed by atoms with Crippen LogP contribution in [0.25, 0.3) is 0 Å². The first-order chi connectivity index (χ1) is 7.75. The summed E-state index contributed by atoms with van der Waals surface area (Å²) in [6.45, 7) is 1.58. The van der Waals surface area contributed by atoms with Gasteiger partial charge in [-0.25, -0.2) is 14.8 Å². The number of nitrogens with zero attached hydrogens (tertiary/aromatic N) is 3. The van der Waals surface area contributed by atoms with Gasteiger partial charge in [0.15, 0.2) is 6.61 Å². The number of hydrogen-bond acceptors (Lipinski definition) is 5. The second-order valence-electron chi connectivity index (χ2n) is 3.59. The largest absolute Gasteiger partial charge is 0.479 e. The van der Waals surface area contributed by atoms with Crippen molar-refractivity contribution in [3.63, 3.8) is 0 Å². The molecule has 0 radical (unpaired) electrons. The van der Waals surface area contributed by atoms with E-state index in [2.05, 4.69) is 14.9 Å². The van der Waals surface area contributed by atoms with Gasteiger partial charge in [-0.1, -0.05) is 0 Å². The van der Waals surface area contributed by atoms with Gasteiger partial charge in [-0.15, -0.1) is 0 Å². The van der Waals surface area contributed by atoms with E-state index in [1.165, 1.54) is 6.33 Å². The highest BCUT2D eigenvalue weighted by molar-refractivity contribution is 5.68. The predicted molar refractivity (Wildman–Crippen MR) is 56.6 cm³/mol. The molecule has 0 atom stereocenters. The van der Waals surface area contributed by atoms with Crippen LogP contribution in [-0.2, 0) is 4.79 Å². The van der Waals surface area contributed by atoms with Crippen molar-refractivity contribution in [2.45, 2.75) is 12.8 Å². The van der Waals surface area contributed by atoms with Crippen molar-refractivity contribution < 1.29 is 14.6 Å². The van der Waals surface area contributed by atoms with Crippen LogP contribution in [0.15, 0.2) is 12.4 Å². The minimum absolute atomic E-state index is 0.305. The number of ether oxygens (including phenoxy) is 1. The van der Waals surface area contributed by atoms with Gasteiger partial charge in [0.1, 0.15) is 12.1 Å². The lowest BCUT2D eigenvalue weighted by atomic mass is 10.4. The summed E-state index contributed by atoms with van der Waals surface area (Å²) >= 11 is 0. The molecule has 1 aliphatic heterocycles. The number of carboxylic acids is 1. The first-order valence-electron chi connectivity index (χ1n) is 5.17. The van der Waals surface area contributed by atoms with E-state index in [1.807, 2.05) is 0 Å². The van der Waals surface area contributed by atoms with Gasteiger partial charge in [0, 0.05) is 19.2 Å². The Morgan fingerprint density at radius 1 is 1.44 bits per heavy atom. The minimum atomic E-state index is -1.01. The van der Waals surface area contributed by atoms with E-state index >= 15 is 0 Å². The molecule has 16 heavy (non-hydrogen) atoms. The molecule has 1 N–H and O–H groups in total. The number of aromatic nitrogens is 2. The second-order valence-corrected chi connectivity index (χ2v) is 3.59. The topological polar surface area (TPSA) is 75.6 Å². The molecule has 0 unspecified atom stereocenters.